The zero-order chi connectivity index (χ0) is 16.1. The van der Waals surface area contributed by atoms with Crippen LogP contribution in [0.25, 0.3) is 0 Å². The molecule has 2 aromatic rings. The number of rotatable bonds is 5. The monoisotopic (exact) mass is 335 g/mol. The Morgan fingerprint density at radius 3 is 2.65 bits per heavy atom. The van der Waals surface area contributed by atoms with Gasteiger partial charge in [-0.25, -0.2) is 4.79 Å². The molecule has 7 nitrogen and oxygen atoms in total. The van der Waals surface area contributed by atoms with E-state index >= 15 is 0 Å². The second-order valence-electron chi connectivity index (χ2n) is 6.26. The van der Waals surface area contributed by atoms with Gasteiger partial charge in [0.2, 0.25) is 5.89 Å². The van der Waals surface area contributed by atoms with Crippen LogP contribution in [0.5, 0.6) is 5.75 Å². The second kappa shape index (κ2) is 4.86. The van der Waals surface area contributed by atoms with Crippen molar-refractivity contribution in [1.29, 1.82) is 0 Å². The van der Waals surface area contributed by atoms with E-state index in [0.29, 0.717) is 41.8 Å². The lowest BCUT2D eigenvalue weighted by atomic mass is 9.39. The highest BCUT2D eigenvalue weighted by atomic mass is 35.5. The summed E-state index contributed by atoms with van der Waals surface area (Å²) in [4.78, 5) is 10.7. The molecule has 2 bridgehead atoms. The SMILES string of the molecule is O=C(O)NC12CC(c3nnc(COc4ccc(Cl)cc4)o3)(C1)C2. The van der Waals surface area contributed by atoms with Crippen LogP contribution in [0.3, 0.4) is 0 Å². The summed E-state index contributed by atoms with van der Waals surface area (Å²) in [6.07, 6.45) is 1.16. The van der Waals surface area contributed by atoms with Gasteiger partial charge in [0.05, 0.1) is 5.41 Å². The lowest BCUT2D eigenvalue weighted by Crippen LogP contribution is -2.76. The number of carbonyl (C=O) groups is 1. The number of hydrogen-bond donors (Lipinski definition) is 2. The van der Waals surface area contributed by atoms with Crippen molar-refractivity contribution in [1.82, 2.24) is 15.5 Å². The van der Waals surface area contributed by atoms with Crippen LogP contribution in [-0.2, 0) is 12.0 Å². The van der Waals surface area contributed by atoms with Gasteiger partial charge in [0.15, 0.2) is 6.61 Å². The summed E-state index contributed by atoms with van der Waals surface area (Å²) in [7, 11) is 0. The van der Waals surface area contributed by atoms with Crippen LogP contribution in [0.4, 0.5) is 4.79 Å². The van der Waals surface area contributed by atoms with Gasteiger partial charge in [-0.05, 0) is 43.5 Å². The number of benzene rings is 1. The molecule has 0 radical (unpaired) electrons. The number of nitrogens with one attached hydrogen (secondary N) is 1. The number of ether oxygens (including phenoxy) is 1. The van der Waals surface area contributed by atoms with Gasteiger partial charge in [-0.1, -0.05) is 11.6 Å². The van der Waals surface area contributed by atoms with E-state index in [1.165, 1.54) is 0 Å². The smallest absolute Gasteiger partial charge is 0.405 e. The maximum absolute atomic E-state index is 10.7. The van der Waals surface area contributed by atoms with Crippen molar-refractivity contribution in [3.8, 4) is 5.75 Å². The van der Waals surface area contributed by atoms with Gasteiger partial charge in [0, 0.05) is 10.6 Å². The highest BCUT2D eigenvalue weighted by Crippen LogP contribution is 2.67. The fraction of sp³-hybridized carbons (Fsp3) is 0.400. The van der Waals surface area contributed by atoms with Gasteiger partial charge in [0.25, 0.3) is 5.89 Å². The van der Waals surface area contributed by atoms with Gasteiger partial charge in [-0.15, -0.1) is 10.2 Å². The number of amides is 1. The highest BCUT2D eigenvalue weighted by molar-refractivity contribution is 6.30. The Labute approximate surface area is 136 Å². The van der Waals surface area contributed by atoms with Crippen molar-refractivity contribution in [3.63, 3.8) is 0 Å². The fourth-order valence-corrected chi connectivity index (χ4v) is 3.70. The molecule has 5 rings (SSSR count). The number of carboxylic acid groups (broad SMARTS) is 1. The van der Waals surface area contributed by atoms with E-state index in [0.717, 1.165) is 0 Å². The van der Waals surface area contributed by atoms with Crippen LogP contribution < -0.4 is 10.1 Å². The number of hydrogen-bond acceptors (Lipinski definition) is 5. The molecular formula is C15H14ClN3O4. The molecule has 3 fully saturated rings. The van der Waals surface area contributed by atoms with E-state index < -0.39 is 6.09 Å². The molecule has 3 aliphatic rings. The first-order valence-electron chi connectivity index (χ1n) is 7.21. The summed E-state index contributed by atoms with van der Waals surface area (Å²) >= 11 is 5.81. The van der Waals surface area contributed by atoms with E-state index in [1.54, 1.807) is 24.3 Å². The molecule has 120 valence electrons. The molecule has 3 saturated carbocycles. The van der Waals surface area contributed by atoms with E-state index in [4.69, 9.17) is 25.9 Å². The summed E-state index contributed by atoms with van der Waals surface area (Å²) in [6, 6.07) is 7.02. The maximum Gasteiger partial charge on any atom is 0.405 e. The Balaban J connectivity index is 1.36. The second-order valence-corrected chi connectivity index (χ2v) is 6.70. The average molecular weight is 336 g/mol. The van der Waals surface area contributed by atoms with Gasteiger partial charge >= 0.3 is 6.09 Å². The molecule has 1 aromatic carbocycles. The normalized spacial score (nSPS) is 27.7. The highest BCUT2D eigenvalue weighted by Gasteiger charge is 2.72. The summed E-state index contributed by atoms with van der Waals surface area (Å²) in [5.74, 6) is 1.64. The van der Waals surface area contributed by atoms with Crippen LogP contribution in [0.15, 0.2) is 28.7 Å². The minimum atomic E-state index is -0.985. The number of nitrogens with zero attached hydrogens (tertiary/aromatic N) is 2. The Morgan fingerprint density at radius 1 is 1.30 bits per heavy atom. The predicted octanol–water partition coefficient (Wildman–Crippen LogP) is 2.74. The molecule has 3 aliphatic carbocycles. The van der Waals surface area contributed by atoms with Gasteiger partial charge < -0.3 is 19.6 Å². The molecule has 1 heterocycles. The molecular weight excluding hydrogens is 322 g/mol. The Bertz CT molecular complexity index is 739. The third-order valence-corrected chi connectivity index (χ3v) is 4.75. The summed E-state index contributed by atoms with van der Waals surface area (Å²) in [5.41, 5.74) is -0.450. The Morgan fingerprint density at radius 2 is 2.00 bits per heavy atom. The van der Waals surface area contributed by atoms with E-state index in [9.17, 15) is 4.79 Å². The van der Waals surface area contributed by atoms with Crippen LogP contribution in [0.2, 0.25) is 5.02 Å². The maximum atomic E-state index is 10.7. The van der Waals surface area contributed by atoms with Crippen molar-refractivity contribution in [2.75, 3.05) is 0 Å². The Hall–Kier alpha value is -2.28. The zero-order valence-corrected chi connectivity index (χ0v) is 12.8. The molecule has 2 N–H and O–H groups in total. The van der Waals surface area contributed by atoms with Crippen molar-refractivity contribution in [3.05, 3.63) is 41.1 Å². The summed E-state index contributed by atoms with van der Waals surface area (Å²) < 4.78 is 11.2. The van der Waals surface area contributed by atoms with Crippen molar-refractivity contribution >= 4 is 17.7 Å². The third-order valence-electron chi connectivity index (χ3n) is 4.50. The third kappa shape index (κ3) is 2.41. The first-order valence-corrected chi connectivity index (χ1v) is 7.59. The molecule has 1 aromatic heterocycles. The Kier molecular flexibility index (Phi) is 3.02. The van der Waals surface area contributed by atoms with Crippen molar-refractivity contribution < 1.29 is 19.1 Å². The standard InChI is InChI=1S/C15H14ClN3O4/c16-9-1-3-10(4-2-9)22-5-11-18-19-12(23-11)14-6-15(7-14,8-14)17-13(20)21/h1-4,17H,5-8H2,(H,20,21). The first-order chi connectivity index (χ1) is 11.0. The van der Waals surface area contributed by atoms with Gasteiger partial charge in [0.1, 0.15) is 5.75 Å². The van der Waals surface area contributed by atoms with Gasteiger partial charge in [-0.3, -0.25) is 0 Å². The molecule has 23 heavy (non-hydrogen) atoms. The van der Waals surface area contributed by atoms with Crippen LogP contribution in [0.1, 0.15) is 31.0 Å². The summed E-state index contributed by atoms with van der Waals surface area (Å²) in [5, 5.41) is 20.1. The summed E-state index contributed by atoms with van der Waals surface area (Å²) in [6.45, 7) is 0.184. The van der Waals surface area contributed by atoms with Crippen LogP contribution in [0, 0.1) is 0 Å². The number of aromatic nitrogens is 2. The quantitative estimate of drug-likeness (QED) is 0.872. The molecule has 0 atom stereocenters. The average Bonchev–Trinajstić information content (AvgIpc) is 2.89. The van der Waals surface area contributed by atoms with E-state index in [2.05, 4.69) is 15.5 Å². The van der Waals surface area contributed by atoms with E-state index in [1.807, 2.05) is 0 Å². The lowest BCUT2D eigenvalue weighted by Gasteiger charge is -2.68. The van der Waals surface area contributed by atoms with E-state index in [-0.39, 0.29) is 17.6 Å². The molecule has 0 saturated heterocycles. The minimum Gasteiger partial charge on any atom is -0.484 e. The van der Waals surface area contributed by atoms with Crippen molar-refractivity contribution in [2.24, 2.45) is 0 Å². The molecule has 1 amide bonds. The zero-order valence-electron chi connectivity index (χ0n) is 12.1. The predicted molar refractivity (Wildman–Crippen MR) is 79.5 cm³/mol. The fourth-order valence-electron chi connectivity index (χ4n) is 3.58. The lowest BCUT2D eigenvalue weighted by molar-refractivity contribution is -0.0983. The van der Waals surface area contributed by atoms with Crippen LogP contribution >= 0.6 is 11.6 Å². The minimum absolute atomic E-state index is 0.159. The topological polar surface area (TPSA) is 97.5 Å². The van der Waals surface area contributed by atoms with Crippen molar-refractivity contribution in [2.45, 2.75) is 36.8 Å². The number of halogens is 1. The molecule has 0 spiro atoms. The molecule has 0 aliphatic heterocycles. The largest absolute Gasteiger partial charge is 0.484 e. The molecule has 0 unspecified atom stereocenters. The van der Waals surface area contributed by atoms with Gasteiger partial charge in [-0.2, -0.15) is 0 Å². The molecule has 8 heteroatoms. The van der Waals surface area contributed by atoms with Crippen LogP contribution in [-0.4, -0.2) is 26.9 Å². The first kappa shape index (κ1) is 14.3.